The molecule has 0 bridgehead atoms. The van der Waals surface area contributed by atoms with Gasteiger partial charge in [0.05, 0.1) is 5.41 Å². The van der Waals surface area contributed by atoms with E-state index in [4.69, 9.17) is 4.74 Å². The van der Waals surface area contributed by atoms with Gasteiger partial charge in [0.25, 0.3) is 0 Å². The van der Waals surface area contributed by atoms with Crippen molar-refractivity contribution < 1.29 is 9.53 Å². The van der Waals surface area contributed by atoms with E-state index in [1.54, 1.807) is 20.1 Å². The molecular formula is C10H17NO2. The summed E-state index contributed by atoms with van der Waals surface area (Å²) in [7, 11) is 0. The first-order chi connectivity index (χ1) is 5.90. The van der Waals surface area contributed by atoms with Crippen LogP contribution >= 0.6 is 0 Å². The molecule has 0 N–H and O–H groups in total. The van der Waals surface area contributed by atoms with Crippen LogP contribution in [0.1, 0.15) is 27.7 Å². The molecule has 0 atom stereocenters. The molecule has 0 rings (SSSR count). The molecule has 3 heteroatoms. The minimum Gasteiger partial charge on any atom is -0.477 e. The third-order valence-electron chi connectivity index (χ3n) is 1.83. The van der Waals surface area contributed by atoms with Gasteiger partial charge in [-0.25, -0.2) is 4.99 Å². The van der Waals surface area contributed by atoms with E-state index in [0.29, 0.717) is 12.5 Å². The maximum Gasteiger partial charge on any atom is 0.205 e. The number of ether oxygens (including phenoxy) is 1. The summed E-state index contributed by atoms with van der Waals surface area (Å²) in [5, 5.41) is 0. The minimum absolute atomic E-state index is 0.0979. The van der Waals surface area contributed by atoms with E-state index in [0.717, 1.165) is 0 Å². The van der Waals surface area contributed by atoms with Crippen LogP contribution in [0.15, 0.2) is 17.5 Å². The first-order valence-electron chi connectivity index (χ1n) is 4.21. The van der Waals surface area contributed by atoms with Crippen LogP contribution in [-0.4, -0.2) is 18.6 Å². The Morgan fingerprint density at radius 3 is 2.54 bits per heavy atom. The van der Waals surface area contributed by atoms with Crippen molar-refractivity contribution in [2.24, 2.45) is 10.4 Å². The number of rotatable bonds is 5. The van der Waals surface area contributed by atoms with Gasteiger partial charge in [-0.15, -0.1) is 0 Å². The maximum absolute atomic E-state index is 11.1. The van der Waals surface area contributed by atoms with E-state index in [-0.39, 0.29) is 5.78 Å². The van der Waals surface area contributed by atoms with Crippen LogP contribution in [0.5, 0.6) is 0 Å². The lowest BCUT2D eigenvalue weighted by molar-refractivity contribution is -0.127. The number of carbonyl (C=O) groups is 1. The molecule has 0 aromatic carbocycles. The molecule has 0 saturated carbocycles. The Labute approximate surface area is 79.5 Å². The molecule has 0 aromatic heterocycles. The van der Waals surface area contributed by atoms with Gasteiger partial charge in [-0.05, 0) is 34.3 Å². The molecule has 13 heavy (non-hydrogen) atoms. The van der Waals surface area contributed by atoms with Crippen LogP contribution in [0.3, 0.4) is 0 Å². The van der Waals surface area contributed by atoms with Gasteiger partial charge >= 0.3 is 0 Å². The molecule has 0 aliphatic heterocycles. The number of carbonyl (C=O) groups excluding carboxylic acids is 1. The van der Waals surface area contributed by atoms with Gasteiger partial charge in [-0.1, -0.05) is 0 Å². The molecule has 0 aromatic rings. The number of nitrogens with zero attached hydrogens (tertiary/aromatic N) is 1. The fraction of sp³-hybridized carbons (Fsp3) is 0.600. The van der Waals surface area contributed by atoms with E-state index in [1.165, 1.54) is 0 Å². The van der Waals surface area contributed by atoms with E-state index >= 15 is 0 Å². The fourth-order valence-electron chi connectivity index (χ4n) is 0.547. The summed E-state index contributed by atoms with van der Waals surface area (Å²) < 4.78 is 5.20. The zero-order chi connectivity index (χ0) is 10.5. The third-order valence-corrected chi connectivity index (χ3v) is 1.83. The van der Waals surface area contributed by atoms with Crippen molar-refractivity contribution in [1.82, 2.24) is 0 Å². The van der Waals surface area contributed by atoms with Crippen molar-refractivity contribution in [3.8, 4) is 0 Å². The normalized spacial score (nSPS) is 11.7. The molecule has 0 fully saturated rings. The Bertz CT molecular complexity index is 229. The monoisotopic (exact) mass is 183 g/mol. The molecule has 0 amide bonds. The molecular weight excluding hydrogens is 166 g/mol. The van der Waals surface area contributed by atoms with Gasteiger partial charge in [0.1, 0.15) is 12.4 Å². The number of hydrogen-bond donors (Lipinski definition) is 0. The predicted octanol–water partition coefficient (Wildman–Crippen LogP) is 2.18. The Balaban J connectivity index is 4.02. The van der Waals surface area contributed by atoms with Gasteiger partial charge in [0, 0.05) is 6.21 Å². The van der Waals surface area contributed by atoms with Crippen molar-refractivity contribution in [3.63, 3.8) is 0 Å². The predicted molar refractivity (Wildman–Crippen MR) is 53.7 cm³/mol. The molecule has 0 aliphatic rings. The maximum atomic E-state index is 11.1. The largest absolute Gasteiger partial charge is 0.477 e. The lowest BCUT2D eigenvalue weighted by atomic mass is 9.90. The first kappa shape index (κ1) is 11.9. The summed E-state index contributed by atoms with van der Waals surface area (Å²) in [4.78, 5) is 14.9. The van der Waals surface area contributed by atoms with Crippen LogP contribution in [0.4, 0.5) is 0 Å². The van der Waals surface area contributed by atoms with Crippen LogP contribution in [0, 0.1) is 5.41 Å². The second kappa shape index (κ2) is 4.80. The zero-order valence-electron chi connectivity index (χ0n) is 8.76. The van der Waals surface area contributed by atoms with E-state index in [9.17, 15) is 4.79 Å². The highest BCUT2D eigenvalue weighted by molar-refractivity contribution is 5.81. The second-order valence-electron chi connectivity index (χ2n) is 3.51. The average Bonchev–Trinajstić information content (AvgIpc) is 2.01. The summed E-state index contributed by atoms with van der Waals surface area (Å²) in [6.07, 6.45) is 1.60. The average molecular weight is 183 g/mol. The van der Waals surface area contributed by atoms with E-state index in [2.05, 4.69) is 11.6 Å². The first-order valence-corrected chi connectivity index (χ1v) is 4.21. The van der Waals surface area contributed by atoms with E-state index < -0.39 is 5.41 Å². The topological polar surface area (TPSA) is 38.7 Å². The summed E-state index contributed by atoms with van der Waals surface area (Å²) in [5.74, 6) is 0.442. The molecule has 0 radical (unpaired) electrons. The van der Waals surface area contributed by atoms with E-state index in [1.807, 2.05) is 13.8 Å². The Hall–Kier alpha value is -1.12. The van der Waals surface area contributed by atoms with Gasteiger partial charge in [0.2, 0.25) is 5.88 Å². The standard InChI is InChI=1S/C10H17NO2/c1-6-11-9(3)13-7-10(4,5)8(2)12/h6H,3,7H2,1-2,4-5H3. The molecule has 0 aliphatic carbocycles. The molecule has 0 saturated heterocycles. The Morgan fingerprint density at radius 2 is 2.15 bits per heavy atom. The minimum atomic E-state index is -0.466. The van der Waals surface area contributed by atoms with Crippen LogP contribution in [0.2, 0.25) is 0 Å². The number of Topliss-reactive ketones (excluding diaryl/α,β-unsaturated/α-hetero) is 1. The Kier molecular flexibility index (Phi) is 4.38. The lowest BCUT2D eigenvalue weighted by Crippen LogP contribution is -2.27. The fourth-order valence-corrected chi connectivity index (χ4v) is 0.547. The summed E-state index contributed by atoms with van der Waals surface area (Å²) in [6, 6.07) is 0. The molecule has 0 unspecified atom stereocenters. The second-order valence-corrected chi connectivity index (χ2v) is 3.51. The summed E-state index contributed by atoms with van der Waals surface area (Å²) in [6.45, 7) is 10.9. The Morgan fingerprint density at radius 1 is 1.62 bits per heavy atom. The molecule has 0 heterocycles. The van der Waals surface area contributed by atoms with Crippen LogP contribution < -0.4 is 0 Å². The number of aliphatic imine (C=N–C) groups is 1. The number of ketones is 1. The third kappa shape index (κ3) is 4.45. The smallest absolute Gasteiger partial charge is 0.205 e. The van der Waals surface area contributed by atoms with Gasteiger partial charge < -0.3 is 4.74 Å². The summed E-state index contributed by atoms with van der Waals surface area (Å²) in [5.41, 5.74) is -0.466. The zero-order valence-corrected chi connectivity index (χ0v) is 8.76. The highest BCUT2D eigenvalue weighted by Gasteiger charge is 2.24. The number of hydrogen-bond acceptors (Lipinski definition) is 3. The molecule has 0 spiro atoms. The highest BCUT2D eigenvalue weighted by atomic mass is 16.5. The van der Waals surface area contributed by atoms with Crippen molar-refractivity contribution in [2.45, 2.75) is 27.7 Å². The van der Waals surface area contributed by atoms with Crippen molar-refractivity contribution in [3.05, 3.63) is 12.5 Å². The van der Waals surface area contributed by atoms with Gasteiger partial charge in [-0.2, -0.15) is 0 Å². The molecule has 74 valence electrons. The SMILES string of the molecule is C=C(N=CC)OCC(C)(C)C(C)=O. The van der Waals surface area contributed by atoms with Crippen molar-refractivity contribution in [2.75, 3.05) is 6.61 Å². The van der Waals surface area contributed by atoms with Gasteiger partial charge in [0.15, 0.2) is 0 Å². The lowest BCUT2D eigenvalue weighted by Gasteiger charge is -2.20. The van der Waals surface area contributed by atoms with Crippen molar-refractivity contribution in [1.29, 1.82) is 0 Å². The van der Waals surface area contributed by atoms with Gasteiger partial charge in [-0.3, -0.25) is 4.79 Å². The quantitative estimate of drug-likeness (QED) is 0.484. The summed E-state index contributed by atoms with van der Waals surface area (Å²) >= 11 is 0. The van der Waals surface area contributed by atoms with Crippen LogP contribution in [-0.2, 0) is 9.53 Å². The van der Waals surface area contributed by atoms with Crippen LogP contribution in [0.25, 0.3) is 0 Å². The van der Waals surface area contributed by atoms with Crippen molar-refractivity contribution >= 4 is 12.0 Å². The highest BCUT2D eigenvalue weighted by Crippen LogP contribution is 2.17. The molecule has 3 nitrogen and oxygen atoms in total.